The van der Waals surface area contributed by atoms with Crippen molar-refractivity contribution in [1.82, 2.24) is 0 Å². The highest BCUT2D eigenvalue weighted by Crippen LogP contribution is 2.32. The van der Waals surface area contributed by atoms with E-state index in [0.29, 0.717) is 22.2 Å². The van der Waals surface area contributed by atoms with Crippen LogP contribution in [0.15, 0.2) is 10.5 Å². The Morgan fingerprint density at radius 2 is 2.42 bits per heavy atom. The van der Waals surface area contributed by atoms with Gasteiger partial charge in [-0.3, -0.25) is 4.79 Å². The number of thiophene rings is 1. The Kier molecular flexibility index (Phi) is 3.71. The first-order valence-corrected chi connectivity index (χ1v) is 5.32. The molecule has 0 saturated carbocycles. The third-order valence-corrected chi connectivity index (χ3v) is 3.81. The first-order valence-electron chi connectivity index (χ1n) is 3.33. The van der Waals surface area contributed by atoms with Gasteiger partial charge in [-0.25, -0.2) is 0 Å². The molecule has 0 fully saturated rings. The summed E-state index contributed by atoms with van der Waals surface area (Å²) in [5, 5.41) is 0. The summed E-state index contributed by atoms with van der Waals surface area (Å²) in [7, 11) is 0. The van der Waals surface area contributed by atoms with E-state index < -0.39 is 0 Å². The second kappa shape index (κ2) is 4.37. The van der Waals surface area contributed by atoms with Crippen LogP contribution in [-0.2, 0) is 0 Å². The number of Topliss-reactive ketones (excluding diaryl/α,β-unsaturated/α-hetero) is 1. The van der Waals surface area contributed by atoms with Gasteiger partial charge in [0.05, 0.1) is 4.88 Å². The van der Waals surface area contributed by atoms with Gasteiger partial charge in [0.1, 0.15) is 4.34 Å². The standard InChI is InChI=1S/C7H7BrClNOS/c8-4-3-6(12-7(4)9)5(11)1-2-10/h3H,1-2,10H2. The van der Waals surface area contributed by atoms with Crippen LogP contribution >= 0.6 is 38.9 Å². The van der Waals surface area contributed by atoms with Gasteiger partial charge in [0.25, 0.3) is 0 Å². The zero-order valence-electron chi connectivity index (χ0n) is 6.14. The second-order valence-corrected chi connectivity index (χ2v) is 4.70. The van der Waals surface area contributed by atoms with E-state index in [2.05, 4.69) is 15.9 Å². The third kappa shape index (κ3) is 2.29. The maximum atomic E-state index is 11.3. The lowest BCUT2D eigenvalue weighted by Gasteiger charge is -1.91. The minimum atomic E-state index is 0.0510. The number of hydrogen-bond donors (Lipinski definition) is 1. The third-order valence-electron chi connectivity index (χ3n) is 1.29. The van der Waals surface area contributed by atoms with Crippen LogP contribution in [0, 0.1) is 0 Å². The number of carbonyl (C=O) groups excluding carboxylic acids is 1. The molecule has 0 atom stereocenters. The predicted octanol–water partition coefficient (Wildman–Crippen LogP) is 2.70. The van der Waals surface area contributed by atoms with Gasteiger partial charge in [-0.05, 0) is 28.5 Å². The molecule has 2 N–H and O–H groups in total. The lowest BCUT2D eigenvalue weighted by molar-refractivity contribution is 0.0989. The summed E-state index contributed by atoms with van der Waals surface area (Å²) in [5.74, 6) is 0.0510. The van der Waals surface area contributed by atoms with Crippen LogP contribution in [-0.4, -0.2) is 12.3 Å². The SMILES string of the molecule is NCCC(=O)c1cc(Br)c(Cl)s1. The molecule has 0 amide bonds. The lowest BCUT2D eigenvalue weighted by Crippen LogP contribution is -2.06. The van der Waals surface area contributed by atoms with Gasteiger partial charge in [-0.15, -0.1) is 11.3 Å². The van der Waals surface area contributed by atoms with E-state index in [4.69, 9.17) is 17.3 Å². The average Bonchev–Trinajstić information content (AvgIpc) is 2.33. The van der Waals surface area contributed by atoms with Gasteiger partial charge >= 0.3 is 0 Å². The Morgan fingerprint density at radius 1 is 1.75 bits per heavy atom. The van der Waals surface area contributed by atoms with E-state index >= 15 is 0 Å². The van der Waals surface area contributed by atoms with Crippen molar-refractivity contribution in [2.45, 2.75) is 6.42 Å². The fourth-order valence-electron chi connectivity index (χ4n) is 0.738. The molecule has 1 heterocycles. The minimum absolute atomic E-state index is 0.0510. The van der Waals surface area contributed by atoms with Gasteiger partial charge in [-0.2, -0.15) is 0 Å². The van der Waals surface area contributed by atoms with Gasteiger partial charge in [-0.1, -0.05) is 11.6 Å². The zero-order valence-corrected chi connectivity index (χ0v) is 9.30. The first kappa shape index (κ1) is 10.2. The summed E-state index contributed by atoms with van der Waals surface area (Å²) in [6.45, 7) is 0.381. The number of rotatable bonds is 3. The van der Waals surface area contributed by atoms with Crippen molar-refractivity contribution in [3.05, 3.63) is 19.8 Å². The Bertz CT molecular complexity index is 280. The number of halogens is 2. The summed E-state index contributed by atoms with van der Waals surface area (Å²) in [6.07, 6.45) is 0.378. The van der Waals surface area contributed by atoms with Crippen LogP contribution in [0.5, 0.6) is 0 Å². The quantitative estimate of drug-likeness (QED) is 0.857. The highest BCUT2D eigenvalue weighted by Gasteiger charge is 2.10. The average molecular weight is 269 g/mol. The lowest BCUT2D eigenvalue weighted by atomic mass is 10.2. The van der Waals surface area contributed by atoms with Crippen molar-refractivity contribution in [2.75, 3.05) is 6.54 Å². The van der Waals surface area contributed by atoms with Crippen LogP contribution in [0.2, 0.25) is 4.34 Å². The van der Waals surface area contributed by atoms with Gasteiger partial charge in [0, 0.05) is 10.9 Å². The van der Waals surface area contributed by atoms with E-state index in [1.54, 1.807) is 6.07 Å². The Hall–Kier alpha value is 0.1000. The molecule has 0 radical (unpaired) electrons. The topological polar surface area (TPSA) is 43.1 Å². The van der Waals surface area contributed by atoms with Gasteiger partial charge < -0.3 is 5.73 Å². The van der Waals surface area contributed by atoms with Crippen molar-refractivity contribution >= 4 is 44.7 Å². The molecule has 66 valence electrons. The molecule has 0 spiro atoms. The fourth-order valence-corrected chi connectivity index (χ4v) is 2.41. The molecule has 0 aliphatic carbocycles. The molecule has 1 aromatic heterocycles. The molecule has 0 aliphatic heterocycles. The summed E-state index contributed by atoms with van der Waals surface area (Å²) >= 11 is 10.3. The summed E-state index contributed by atoms with van der Waals surface area (Å²) in [5.41, 5.74) is 5.25. The molecule has 1 rings (SSSR count). The zero-order chi connectivity index (χ0) is 9.14. The smallest absolute Gasteiger partial charge is 0.174 e. The summed E-state index contributed by atoms with van der Waals surface area (Å²) < 4.78 is 1.38. The maximum Gasteiger partial charge on any atom is 0.174 e. The number of carbonyl (C=O) groups is 1. The summed E-state index contributed by atoms with van der Waals surface area (Å²) in [6, 6.07) is 1.73. The van der Waals surface area contributed by atoms with Crippen molar-refractivity contribution in [3.63, 3.8) is 0 Å². The Labute approximate surface area is 87.8 Å². The van der Waals surface area contributed by atoms with Crippen molar-refractivity contribution in [2.24, 2.45) is 5.73 Å². The second-order valence-electron chi connectivity index (χ2n) is 2.19. The van der Waals surface area contributed by atoms with Gasteiger partial charge in [0.15, 0.2) is 5.78 Å². The highest BCUT2D eigenvalue weighted by molar-refractivity contribution is 9.10. The molecule has 12 heavy (non-hydrogen) atoms. The molecular weight excluding hydrogens is 262 g/mol. The Morgan fingerprint density at radius 3 is 2.83 bits per heavy atom. The first-order chi connectivity index (χ1) is 5.65. The largest absolute Gasteiger partial charge is 0.330 e. The monoisotopic (exact) mass is 267 g/mol. The van der Waals surface area contributed by atoms with E-state index in [0.717, 1.165) is 4.47 Å². The van der Waals surface area contributed by atoms with E-state index in [9.17, 15) is 4.79 Å². The van der Waals surface area contributed by atoms with E-state index in [1.165, 1.54) is 11.3 Å². The molecule has 0 saturated heterocycles. The van der Waals surface area contributed by atoms with Gasteiger partial charge in [0.2, 0.25) is 0 Å². The normalized spacial score (nSPS) is 10.2. The van der Waals surface area contributed by atoms with Crippen molar-refractivity contribution < 1.29 is 4.79 Å². The van der Waals surface area contributed by atoms with Crippen LogP contribution in [0.1, 0.15) is 16.1 Å². The molecule has 0 unspecified atom stereocenters. The van der Waals surface area contributed by atoms with Crippen molar-refractivity contribution in [1.29, 1.82) is 0 Å². The molecule has 0 aromatic carbocycles. The predicted molar refractivity (Wildman–Crippen MR) is 55.0 cm³/mol. The maximum absolute atomic E-state index is 11.3. The van der Waals surface area contributed by atoms with E-state index in [1.807, 2.05) is 0 Å². The molecule has 1 aromatic rings. The van der Waals surface area contributed by atoms with Crippen LogP contribution in [0.3, 0.4) is 0 Å². The summed E-state index contributed by atoms with van der Waals surface area (Å²) in [4.78, 5) is 11.9. The highest BCUT2D eigenvalue weighted by atomic mass is 79.9. The molecule has 0 bridgehead atoms. The molecule has 0 aliphatic rings. The number of hydrogen-bond acceptors (Lipinski definition) is 3. The molecule has 5 heteroatoms. The van der Waals surface area contributed by atoms with Crippen LogP contribution < -0.4 is 5.73 Å². The van der Waals surface area contributed by atoms with Crippen molar-refractivity contribution in [3.8, 4) is 0 Å². The van der Waals surface area contributed by atoms with Crippen LogP contribution in [0.25, 0.3) is 0 Å². The van der Waals surface area contributed by atoms with E-state index in [-0.39, 0.29) is 5.78 Å². The molecule has 2 nitrogen and oxygen atoms in total. The fraction of sp³-hybridized carbons (Fsp3) is 0.286. The Balaban J connectivity index is 2.82. The van der Waals surface area contributed by atoms with Crippen LogP contribution in [0.4, 0.5) is 0 Å². The number of nitrogens with two attached hydrogens (primary N) is 1. The number of ketones is 1. The molecular formula is C7H7BrClNOS. The minimum Gasteiger partial charge on any atom is -0.330 e.